The van der Waals surface area contributed by atoms with Gasteiger partial charge < -0.3 is 16.4 Å². The topological polar surface area (TPSA) is 93.2 Å². The van der Waals surface area contributed by atoms with Crippen molar-refractivity contribution >= 4 is 28.8 Å². The molecule has 0 fully saturated rings. The average Bonchev–Trinajstić information content (AvgIpc) is 3.21. The second kappa shape index (κ2) is 9.19. The number of nitrogens with one attached hydrogen (secondary N) is 2. The van der Waals surface area contributed by atoms with Gasteiger partial charge >= 0.3 is 0 Å². The first-order valence-corrected chi connectivity index (χ1v) is 8.67. The van der Waals surface area contributed by atoms with Crippen molar-refractivity contribution in [2.24, 2.45) is 10.7 Å². The highest BCUT2D eigenvalue weighted by atomic mass is 15.3. The van der Waals surface area contributed by atoms with Gasteiger partial charge in [-0.3, -0.25) is 9.67 Å². The predicted octanol–water partition coefficient (Wildman–Crippen LogP) is 3.13. The zero-order chi connectivity index (χ0) is 18.9. The van der Waals surface area contributed by atoms with Gasteiger partial charge in [0.2, 0.25) is 0 Å². The third kappa shape index (κ3) is 4.94. The van der Waals surface area contributed by atoms with Gasteiger partial charge in [0, 0.05) is 54.2 Å². The first kappa shape index (κ1) is 18.2. The highest BCUT2D eigenvalue weighted by Gasteiger charge is 2.08. The van der Waals surface area contributed by atoms with Gasteiger partial charge in [0.1, 0.15) is 12.7 Å². The number of rotatable bonds is 8. The second-order valence-corrected chi connectivity index (χ2v) is 5.85. The molecule has 0 atom stereocenters. The third-order valence-corrected chi connectivity index (χ3v) is 3.96. The van der Waals surface area contributed by atoms with E-state index >= 15 is 0 Å². The minimum absolute atomic E-state index is 0.701. The van der Waals surface area contributed by atoms with Crippen LogP contribution in [0.25, 0.3) is 5.57 Å². The van der Waals surface area contributed by atoms with Crippen molar-refractivity contribution < 1.29 is 0 Å². The van der Waals surface area contributed by atoms with E-state index in [2.05, 4.69) is 31.8 Å². The lowest BCUT2D eigenvalue weighted by atomic mass is 10.0. The van der Waals surface area contributed by atoms with E-state index in [-0.39, 0.29) is 0 Å². The standard InChI is InChI=1S/C20H23N7/c1-22-13-16(12-21)19-8-7-18(26-17-5-3-2-4-6-17)11-20(19)24-9-10-27-15-23-14-25-27/h2-8,11-15,24,26H,9-10,21H2,1H3/b16-12+,22-13?. The van der Waals surface area contributed by atoms with Gasteiger partial charge in [-0.15, -0.1) is 0 Å². The molecule has 0 spiro atoms. The van der Waals surface area contributed by atoms with E-state index in [1.165, 1.54) is 6.33 Å². The summed E-state index contributed by atoms with van der Waals surface area (Å²) in [7, 11) is 1.73. The Bertz CT molecular complexity index is 899. The van der Waals surface area contributed by atoms with Gasteiger partial charge in [0.05, 0.1) is 6.54 Å². The lowest BCUT2D eigenvalue weighted by Crippen LogP contribution is -2.12. The molecule has 1 aromatic heterocycles. The van der Waals surface area contributed by atoms with Crippen LogP contribution in [-0.2, 0) is 6.54 Å². The molecule has 7 heteroatoms. The van der Waals surface area contributed by atoms with E-state index in [9.17, 15) is 0 Å². The van der Waals surface area contributed by atoms with E-state index < -0.39 is 0 Å². The first-order chi connectivity index (χ1) is 13.3. The molecule has 138 valence electrons. The van der Waals surface area contributed by atoms with Crippen LogP contribution in [0.4, 0.5) is 17.1 Å². The van der Waals surface area contributed by atoms with E-state index in [1.807, 2.05) is 42.5 Å². The number of hydrogen-bond donors (Lipinski definition) is 3. The normalized spacial score (nSPS) is 11.7. The SMILES string of the molecule is CN=C/C(=C\N)c1ccc(Nc2ccccc2)cc1NCCn1cncn1. The number of allylic oxidation sites excluding steroid dienone is 1. The summed E-state index contributed by atoms with van der Waals surface area (Å²) in [5.74, 6) is 0. The molecular formula is C20H23N7. The van der Waals surface area contributed by atoms with Gasteiger partial charge in [0.15, 0.2) is 0 Å². The Morgan fingerprint density at radius 2 is 2.04 bits per heavy atom. The Hall–Kier alpha value is -3.61. The lowest BCUT2D eigenvalue weighted by molar-refractivity contribution is 0.636. The zero-order valence-corrected chi connectivity index (χ0v) is 15.2. The zero-order valence-electron chi connectivity index (χ0n) is 15.2. The Balaban J connectivity index is 1.83. The molecule has 3 rings (SSSR count). The Labute approximate surface area is 158 Å². The summed E-state index contributed by atoms with van der Waals surface area (Å²) >= 11 is 0. The quantitative estimate of drug-likeness (QED) is 0.536. The molecule has 2 aromatic carbocycles. The Kier molecular flexibility index (Phi) is 6.19. The molecule has 0 aliphatic carbocycles. The molecule has 0 radical (unpaired) electrons. The summed E-state index contributed by atoms with van der Waals surface area (Å²) in [6.07, 6.45) is 6.55. The molecule has 1 heterocycles. The maximum absolute atomic E-state index is 5.81. The van der Waals surface area contributed by atoms with E-state index in [1.54, 1.807) is 30.5 Å². The predicted molar refractivity (Wildman–Crippen MR) is 111 cm³/mol. The summed E-state index contributed by atoms with van der Waals surface area (Å²) in [6, 6.07) is 16.2. The van der Waals surface area contributed by atoms with Crippen LogP contribution < -0.4 is 16.4 Å². The number of aliphatic imine (C=N–C) groups is 1. The number of aromatic nitrogens is 3. The summed E-state index contributed by atoms with van der Waals surface area (Å²) < 4.78 is 1.78. The first-order valence-electron chi connectivity index (χ1n) is 8.67. The number of anilines is 3. The van der Waals surface area contributed by atoms with Crippen molar-refractivity contribution in [3.05, 3.63) is 72.9 Å². The number of para-hydroxylation sites is 1. The van der Waals surface area contributed by atoms with Crippen LogP contribution in [0.1, 0.15) is 5.56 Å². The fraction of sp³-hybridized carbons (Fsp3) is 0.150. The number of hydrogen-bond acceptors (Lipinski definition) is 6. The largest absolute Gasteiger partial charge is 0.404 e. The minimum atomic E-state index is 0.701. The van der Waals surface area contributed by atoms with Crippen molar-refractivity contribution in [3.8, 4) is 0 Å². The summed E-state index contributed by atoms with van der Waals surface area (Å²) in [6.45, 7) is 1.41. The smallest absolute Gasteiger partial charge is 0.137 e. The van der Waals surface area contributed by atoms with Crippen LogP contribution in [0.3, 0.4) is 0 Å². The maximum atomic E-state index is 5.81. The van der Waals surface area contributed by atoms with Crippen LogP contribution in [0.15, 0.2) is 72.4 Å². The molecule has 0 amide bonds. The van der Waals surface area contributed by atoms with Crippen molar-refractivity contribution in [1.82, 2.24) is 14.8 Å². The van der Waals surface area contributed by atoms with E-state index in [0.717, 1.165) is 28.2 Å². The highest BCUT2D eigenvalue weighted by molar-refractivity contribution is 6.11. The molecule has 27 heavy (non-hydrogen) atoms. The Morgan fingerprint density at radius 1 is 1.19 bits per heavy atom. The van der Waals surface area contributed by atoms with Gasteiger partial charge in [-0.05, 0) is 24.3 Å². The van der Waals surface area contributed by atoms with Gasteiger partial charge in [-0.1, -0.05) is 24.3 Å². The van der Waals surface area contributed by atoms with Gasteiger partial charge in [0.25, 0.3) is 0 Å². The number of nitrogens with two attached hydrogens (primary N) is 1. The highest BCUT2D eigenvalue weighted by Crippen LogP contribution is 2.28. The van der Waals surface area contributed by atoms with Crippen LogP contribution in [0.2, 0.25) is 0 Å². The number of nitrogens with zero attached hydrogens (tertiary/aromatic N) is 4. The second-order valence-electron chi connectivity index (χ2n) is 5.85. The molecule has 3 aromatic rings. The van der Waals surface area contributed by atoms with Crippen LogP contribution in [-0.4, -0.2) is 34.6 Å². The molecule has 0 bridgehead atoms. The lowest BCUT2D eigenvalue weighted by Gasteiger charge is -2.15. The van der Waals surface area contributed by atoms with Crippen molar-refractivity contribution in [3.63, 3.8) is 0 Å². The van der Waals surface area contributed by atoms with Crippen LogP contribution in [0, 0.1) is 0 Å². The average molecular weight is 361 g/mol. The molecule has 0 saturated carbocycles. The van der Waals surface area contributed by atoms with E-state index in [4.69, 9.17) is 5.73 Å². The maximum Gasteiger partial charge on any atom is 0.137 e. The summed E-state index contributed by atoms with van der Waals surface area (Å²) in [5, 5.41) is 11.0. The van der Waals surface area contributed by atoms with E-state index in [0.29, 0.717) is 13.1 Å². The van der Waals surface area contributed by atoms with Crippen molar-refractivity contribution in [2.75, 3.05) is 24.2 Å². The molecule has 4 N–H and O–H groups in total. The molecule has 0 unspecified atom stereocenters. The molecule has 0 saturated heterocycles. The van der Waals surface area contributed by atoms with Crippen LogP contribution >= 0.6 is 0 Å². The van der Waals surface area contributed by atoms with Crippen molar-refractivity contribution in [1.29, 1.82) is 0 Å². The number of benzene rings is 2. The fourth-order valence-corrected chi connectivity index (χ4v) is 2.70. The minimum Gasteiger partial charge on any atom is -0.404 e. The molecular weight excluding hydrogens is 338 g/mol. The van der Waals surface area contributed by atoms with Gasteiger partial charge in [-0.25, -0.2) is 4.98 Å². The van der Waals surface area contributed by atoms with Crippen molar-refractivity contribution in [2.45, 2.75) is 6.54 Å². The fourth-order valence-electron chi connectivity index (χ4n) is 2.70. The summed E-state index contributed by atoms with van der Waals surface area (Å²) in [4.78, 5) is 8.06. The Morgan fingerprint density at radius 3 is 2.74 bits per heavy atom. The molecule has 0 aliphatic heterocycles. The molecule has 7 nitrogen and oxygen atoms in total. The third-order valence-electron chi connectivity index (χ3n) is 3.96. The molecule has 0 aliphatic rings. The van der Waals surface area contributed by atoms with Crippen LogP contribution in [0.5, 0.6) is 0 Å². The summed E-state index contributed by atoms with van der Waals surface area (Å²) in [5.41, 5.74) is 10.6. The van der Waals surface area contributed by atoms with Gasteiger partial charge in [-0.2, -0.15) is 5.10 Å². The monoisotopic (exact) mass is 361 g/mol.